The average Bonchev–Trinajstić information content (AvgIpc) is 2.82. The molecule has 0 saturated carbocycles. The summed E-state index contributed by atoms with van der Waals surface area (Å²) in [7, 11) is -1.34. The summed E-state index contributed by atoms with van der Waals surface area (Å²) in [5.74, 6) is -1.77. The molecule has 3 rings (SSSR count). The molecule has 2 aromatic carbocycles. The molecule has 0 radical (unpaired) electrons. The summed E-state index contributed by atoms with van der Waals surface area (Å²) in [4.78, 5) is 25.9. The van der Waals surface area contributed by atoms with Crippen molar-refractivity contribution < 1.29 is 35.9 Å². The molecule has 0 N–H and O–H groups in total. The van der Waals surface area contributed by atoms with Crippen LogP contribution in [0.4, 0.5) is 13.2 Å². The van der Waals surface area contributed by atoms with Crippen LogP contribution in [0.2, 0.25) is 0 Å². The number of sulfonamides is 1. The molecule has 0 unspecified atom stereocenters. The lowest BCUT2D eigenvalue weighted by Crippen LogP contribution is -2.42. The minimum absolute atomic E-state index is 0.0594. The van der Waals surface area contributed by atoms with Crippen LogP contribution in [0.1, 0.15) is 30.1 Å². The third-order valence-corrected chi connectivity index (χ3v) is 7.56. The second-order valence-corrected chi connectivity index (χ2v) is 10.0. The Bertz CT molecular complexity index is 1130. The van der Waals surface area contributed by atoms with Crippen LogP contribution in [0.5, 0.6) is 0 Å². The largest absolute Gasteiger partial charge is 0.447 e. The van der Waals surface area contributed by atoms with Gasteiger partial charge in [0.05, 0.1) is 16.4 Å². The molecule has 34 heavy (non-hydrogen) atoms. The molecule has 7 nitrogen and oxygen atoms in total. The topological polar surface area (TPSA) is 84.0 Å². The van der Waals surface area contributed by atoms with Crippen LogP contribution in [0, 0.1) is 5.92 Å². The van der Waals surface area contributed by atoms with Gasteiger partial charge in [0, 0.05) is 32.7 Å². The standard InChI is InChI=1S/C23H25F3N2O5S/c1-27(2)21(29)20(16-8-4-3-5-9-16)33-22(30)17-12-14-28(15-13-17)34(31,32)19-11-7-6-10-18(19)23(24,25)26/h3-11,17,20H,12-15H2,1-2H3/t20-/m0/s1. The third-order valence-electron chi connectivity index (χ3n) is 5.60. The van der Waals surface area contributed by atoms with Crippen LogP contribution >= 0.6 is 0 Å². The molecule has 11 heteroatoms. The fourth-order valence-electron chi connectivity index (χ4n) is 3.73. The normalized spacial score (nSPS) is 16.6. The Balaban J connectivity index is 1.72. The average molecular weight is 499 g/mol. The van der Waals surface area contributed by atoms with Gasteiger partial charge < -0.3 is 9.64 Å². The van der Waals surface area contributed by atoms with Crippen LogP contribution in [0.3, 0.4) is 0 Å². The van der Waals surface area contributed by atoms with Crippen molar-refractivity contribution in [2.75, 3.05) is 27.2 Å². The molecule has 1 saturated heterocycles. The van der Waals surface area contributed by atoms with Gasteiger partial charge in [-0.1, -0.05) is 42.5 Å². The van der Waals surface area contributed by atoms with Crippen molar-refractivity contribution in [1.29, 1.82) is 0 Å². The first kappa shape index (κ1) is 25.7. The van der Waals surface area contributed by atoms with E-state index in [1.165, 1.54) is 25.1 Å². The number of amides is 1. The Morgan fingerprint density at radius 3 is 2.12 bits per heavy atom. The van der Waals surface area contributed by atoms with Crippen molar-refractivity contribution in [3.63, 3.8) is 0 Å². The highest BCUT2D eigenvalue weighted by molar-refractivity contribution is 7.89. The van der Waals surface area contributed by atoms with Crippen molar-refractivity contribution in [3.05, 3.63) is 65.7 Å². The zero-order chi connectivity index (χ0) is 25.1. The molecule has 1 fully saturated rings. The number of rotatable bonds is 6. The molecule has 1 aliphatic heterocycles. The number of likely N-dealkylation sites (N-methyl/N-ethyl adjacent to an activating group) is 1. The highest BCUT2D eigenvalue weighted by Crippen LogP contribution is 2.36. The number of esters is 1. The van der Waals surface area contributed by atoms with Crippen LogP contribution < -0.4 is 0 Å². The first-order valence-corrected chi connectivity index (χ1v) is 12.0. The second kappa shape index (κ2) is 10.1. The zero-order valence-corrected chi connectivity index (χ0v) is 19.5. The molecule has 1 amide bonds. The minimum atomic E-state index is -4.82. The van der Waals surface area contributed by atoms with E-state index in [9.17, 15) is 31.2 Å². The Kier molecular flexibility index (Phi) is 7.67. The summed E-state index contributed by atoms with van der Waals surface area (Å²) in [6.45, 7) is -0.294. The minimum Gasteiger partial charge on any atom is -0.447 e. The van der Waals surface area contributed by atoms with Crippen LogP contribution in [-0.2, 0) is 30.5 Å². The second-order valence-electron chi connectivity index (χ2n) is 8.13. The van der Waals surface area contributed by atoms with Gasteiger partial charge in [-0.2, -0.15) is 17.5 Å². The number of hydrogen-bond donors (Lipinski definition) is 0. The molecule has 1 aliphatic rings. The maximum Gasteiger partial charge on any atom is 0.417 e. The number of ether oxygens (including phenoxy) is 1. The first-order chi connectivity index (χ1) is 15.9. The van der Waals surface area contributed by atoms with Crippen LogP contribution in [-0.4, -0.2) is 56.7 Å². The van der Waals surface area contributed by atoms with E-state index in [1.807, 2.05) is 0 Å². The van der Waals surface area contributed by atoms with E-state index in [1.54, 1.807) is 30.3 Å². The third kappa shape index (κ3) is 5.58. The van der Waals surface area contributed by atoms with Crippen molar-refractivity contribution in [3.8, 4) is 0 Å². The summed E-state index contributed by atoms with van der Waals surface area (Å²) >= 11 is 0. The number of alkyl halides is 3. The van der Waals surface area contributed by atoms with Crippen LogP contribution in [0.25, 0.3) is 0 Å². The van der Waals surface area contributed by atoms with E-state index in [0.29, 0.717) is 5.56 Å². The van der Waals surface area contributed by atoms with Crippen molar-refractivity contribution in [2.24, 2.45) is 5.92 Å². The van der Waals surface area contributed by atoms with Crippen molar-refractivity contribution in [2.45, 2.75) is 30.0 Å². The SMILES string of the molecule is CN(C)C(=O)[C@@H](OC(=O)C1CCN(S(=O)(=O)c2ccccc2C(F)(F)F)CC1)c1ccccc1. The maximum atomic E-state index is 13.3. The predicted molar refractivity (Wildman–Crippen MR) is 117 cm³/mol. The van der Waals surface area contributed by atoms with Crippen molar-refractivity contribution >= 4 is 21.9 Å². The molecule has 1 atom stereocenters. The Morgan fingerprint density at radius 2 is 1.56 bits per heavy atom. The van der Waals surface area contributed by atoms with Gasteiger partial charge in [0.1, 0.15) is 0 Å². The summed E-state index contributed by atoms with van der Waals surface area (Å²) in [6, 6.07) is 12.5. The number of carbonyl (C=O) groups excluding carboxylic acids is 2. The smallest absolute Gasteiger partial charge is 0.417 e. The Hall–Kier alpha value is -2.92. The predicted octanol–water partition coefficient (Wildman–Crippen LogP) is 3.48. The van der Waals surface area contributed by atoms with Gasteiger partial charge in [-0.3, -0.25) is 9.59 Å². The summed E-state index contributed by atoms with van der Waals surface area (Å²) in [6.07, 6.45) is -5.85. The Morgan fingerprint density at radius 1 is 1.00 bits per heavy atom. The molecule has 0 bridgehead atoms. The fourth-order valence-corrected chi connectivity index (χ4v) is 5.41. The molecule has 0 aliphatic carbocycles. The number of hydrogen-bond acceptors (Lipinski definition) is 5. The first-order valence-electron chi connectivity index (χ1n) is 10.6. The lowest BCUT2D eigenvalue weighted by atomic mass is 9.98. The van der Waals surface area contributed by atoms with E-state index >= 15 is 0 Å². The summed E-state index contributed by atoms with van der Waals surface area (Å²) in [5, 5.41) is 0. The monoisotopic (exact) mass is 498 g/mol. The van der Waals surface area contributed by atoms with Gasteiger partial charge in [-0.25, -0.2) is 8.42 Å². The quantitative estimate of drug-likeness (QED) is 0.570. The molecular formula is C23H25F3N2O5S. The van der Waals surface area contributed by atoms with E-state index in [2.05, 4.69) is 0 Å². The molecule has 184 valence electrons. The molecule has 0 spiro atoms. The summed E-state index contributed by atoms with van der Waals surface area (Å²) in [5.41, 5.74) is -0.734. The van der Waals surface area contributed by atoms with Crippen molar-refractivity contribution in [1.82, 2.24) is 9.21 Å². The van der Waals surface area contributed by atoms with E-state index < -0.39 is 50.6 Å². The number of benzene rings is 2. The van der Waals surface area contributed by atoms with E-state index in [0.717, 1.165) is 22.5 Å². The highest BCUT2D eigenvalue weighted by Gasteiger charge is 2.40. The summed E-state index contributed by atoms with van der Waals surface area (Å²) < 4.78 is 72.3. The molecule has 1 heterocycles. The van der Waals surface area contributed by atoms with Gasteiger partial charge in [0.25, 0.3) is 5.91 Å². The van der Waals surface area contributed by atoms with Gasteiger partial charge in [-0.15, -0.1) is 0 Å². The maximum absolute atomic E-state index is 13.3. The molecular weight excluding hydrogens is 473 g/mol. The molecule has 0 aromatic heterocycles. The van der Waals surface area contributed by atoms with Gasteiger partial charge in [0.15, 0.2) is 0 Å². The number of carbonyl (C=O) groups is 2. The molecule has 2 aromatic rings. The van der Waals surface area contributed by atoms with Gasteiger partial charge >= 0.3 is 12.1 Å². The van der Waals surface area contributed by atoms with Gasteiger partial charge in [-0.05, 0) is 25.0 Å². The fraction of sp³-hybridized carbons (Fsp3) is 0.391. The number of piperidine rings is 1. The van der Waals surface area contributed by atoms with E-state index in [-0.39, 0.29) is 25.9 Å². The van der Waals surface area contributed by atoms with Crippen LogP contribution in [0.15, 0.2) is 59.5 Å². The highest BCUT2D eigenvalue weighted by atomic mass is 32.2. The lowest BCUT2D eigenvalue weighted by Gasteiger charge is -2.31. The number of nitrogens with zero attached hydrogens (tertiary/aromatic N) is 2. The lowest BCUT2D eigenvalue weighted by molar-refractivity contribution is -0.164. The Labute approximate surface area is 196 Å². The zero-order valence-electron chi connectivity index (χ0n) is 18.7. The number of halogens is 3. The van der Waals surface area contributed by atoms with E-state index in [4.69, 9.17) is 4.74 Å². The van der Waals surface area contributed by atoms with Gasteiger partial charge in [0.2, 0.25) is 16.1 Å².